The van der Waals surface area contributed by atoms with Crippen molar-refractivity contribution in [1.29, 1.82) is 0 Å². The van der Waals surface area contributed by atoms with Crippen LogP contribution in [0.1, 0.15) is 25.8 Å². The van der Waals surface area contributed by atoms with E-state index < -0.39 is 11.0 Å². The Labute approximate surface area is 170 Å². The summed E-state index contributed by atoms with van der Waals surface area (Å²) >= 11 is 3.54. The summed E-state index contributed by atoms with van der Waals surface area (Å²) in [5.74, 6) is 0.399. The van der Waals surface area contributed by atoms with E-state index in [0.717, 1.165) is 20.0 Å². The molecule has 0 aliphatic rings. The summed E-state index contributed by atoms with van der Waals surface area (Å²) < 4.78 is 6.98. The summed E-state index contributed by atoms with van der Waals surface area (Å²) in [4.78, 5) is 17.0. The fraction of sp³-hybridized carbons (Fsp3) is 0.389. The summed E-state index contributed by atoms with van der Waals surface area (Å²) in [7, 11) is 0. The summed E-state index contributed by atoms with van der Waals surface area (Å²) in [5, 5.41) is 15.5. The number of hydrogen-bond acceptors (Lipinski definition) is 6. The Balaban J connectivity index is 2.19. The van der Waals surface area contributed by atoms with Gasteiger partial charge < -0.3 is 15.3 Å². The normalized spacial score (nSPS) is 13.1. The number of carbonyl (C=O) groups is 1. The third kappa shape index (κ3) is 5.47. The van der Waals surface area contributed by atoms with Gasteiger partial charge in [0.05, 0.1) is 5.52 Å². The van der Waals surface area contributed by atoms with Gasteiger partial charge in [-0.1, -0.05) is 0 Å². The number of halogens is 1. The number of carbonyl (C=O) groups excluding carboxylic acids is 1. The minimum atomic E-state index is -0.687. The van der Waals surface area contributed by atoms with Gasteiger partial charge in [-0.25, -0.2) is 0 Å². The highest BCUT2D eigenvalue weighted by molar-refractivity contribution is 14.1. The summed E-state index contributed by atoms with van der Waals surface area (Å²) in [6.45, 7) is 5.69. The van der Waals surface area contributed by atoms with Gasteiger partial charge in [0.25, 0.3) is 5.91 Å². The number of rotatable bonds is 7. The van der Waals surface area contributed by atoms with Crippen LogP contribution in [-0.4, -0.2) is 39.5 Å². The number of amides is 1. The number of nitrogens with one attached hydrogen (secondary N) is 1. The Morgan fingerprint density at radius 1 is 1.50 bits per heavy atom. The lowest BCUT2D eigenvalue weighted by Crippen LogP contribution is -2.48. The third-order valence-corrected chi connectivity index (χ3v) is 5.06. The average Bonchev–Trinajstić information content (AvgIpc) is 2.57. The second-order valence-electron chi connectivity index (χ2n) is 6.53. The first kappa shape index (κ1) is 20.8. The van der Waals surface area contributed by atoms with E-state index in [0.29, 0.717) is 12.2 Å². The molecule has 1 aromatic carbocycles. The molecular weight excluding hydrogens is 465 g/mol. The van der Waals surface area contributed by atoms with Crippen LogP contribution in [-0.2, 0) is 4.79 Å². The fourth-order valence-corrected chi connectivity index (χ4v) is 3.44. The summed E-state index contributed by atoms with van der Waals surface area (Å²) in [5.41, 5.74) is 0.689. The number of pyridine rings is 1. The van der Waals surface area contributed by atoms with Crippen LogP contribution in [0.5, 0.6) is 5.75 Å². The Hall–Kier alpha value is -1.55. The maximum atomic E-state index is 12.6. The van der Waals surface area contributed by atoms with Crippen molar-refractivity contribution in [2.24, 2.45) is 5.16 Å². The molecule has 26 heavy (non-hydrogen) atoms. The summed E-state index contributed by atoms with van der Waals surface area (Å²) in [6, 6.07) is 5.83. The molecule has 0 radical (unpaired) electrons. The minimum absolute atomic E-state index is 0.229. The molecule has 0 bridgehead atoms. The van der Waals surface area contributed by atoms with Crippen molar-refractivity contribution in [1.82, 2.24) is 10.3 Å². The molecule has 0 spiro atoms. The van der Waals surface area contributed by atoms with Gasteiger partial charge in [0.1, 0.15) is 5.75 Å². The van der Waals surface area contributed by atoms with Crippen molar-refractivity contribution in [2.45, 2.75) is 38.2 Å². The van der Waals surface area contributed by atoms with Gasteiger partial charge in [0.2, 0.25) is 5.44 Å². The van der Waals surface area contributed by atoms with Crippen molar-refractivity contribution in [3.63, 3.8) is 0 Å². The molecule has 1 heterocycles. The second kappa shape index (κ2) is 8.90. The first-order valence-corrected chi connectivity index (χ1v) is 10.4. The van der Waals surface area contributed by atoms with Gasteiger partial charge in [-0.2, -0.15) is 0 Å². The zero-order valence-corrected chi connectivity index (χ0v) is 18.1. The van der Waals surface area contributed by atoms with Crippen LogP contribution in [0.2, 0.25) is 0 Å². The Morgan fingerprint density at radius 3 is 2.88 bits per heavy atom. The minimum Gasteiger partial charge on any atom is -0.470 e. The van der Waals surface area contributed by atoms with Gasteiger partial charge in [-0.05, 0) is 73.4 Å². The average molecular weight is 487 g/mol. The van der Waals surface area contributed by atoms with Crippen LogP contribution in [0.4, 0.5) is 0 Å². The van der Waals surface area contributed by atoms with E-state index in [-0.39, 0.29) is 5.91 Å². The van der Waals surface area contributed by atoms with Gasteiger partial charge in [-0.3, -0.25) is 9.78 Å². The number of thioether (sulfide) groups is 1. The lowest BCUT2D eigenvalue weighted by atomic mass is 10.0. The van der Waals surface area contributed by atoms with Crippen molar-refractivity contribution >= 4 is 57.4 Å². The van der Waals surface area contributed by atoms with Crippen molar-refractivity contribution in [3.8, 4) is 5.75 Å². The van der Waals surface area contributed by atoms with Crippen molar-refractivity contribution < 1.29 is 14.7 Å². The molecule has 0 saturated carbocycles. The molecule has 2 aromatic rings. The summed E-state index contributed by atoms with van der Waals surface area (Å²) in [6.07, 6.45) is 5.42. The highest BCUT2D eigenvalue weighted by atomic mass is 127. The lowest BCUT2D eigenvalue weighted by Gasteiger charge is -2.27. The zero-order valence-electron chi connectivity index (χ0n) is 15.1. The van der Waals surface area contributed by atoms with E-state index in [2.05, 4.69) is 38.0 Å². The molecule has 8 heteroatoms. The van der Waals surface area contributed by atoms with Crippen molar-refractivity contribution in [2.75, 3.05) is 6.26 Å². The van der Waals surface area contributed by atoms with E-state index in [9.17, 15) is 4.79 Å². The highest BCUT2D eigenvalue weighted by Gasteiger charge is 2.26. The molecule has 1 atom stereocenters. The van der Waals surface area contributed by atoms with E-state index in [1.165, 1.54) is 18.0 Å². The first-order chi connectivity index (χ1) is 12.3. The maximum absolute atomic E-state index is 12.6. The number of benzene rings is 1. The lowest BCUT2D eigenvalue weighted by molar-refractivity contribution is -0.126. The number of nitrogens with zero attached hydrogens (tertiary/aromatic N) is 2. The quantitative estimate of drug-likeness (QED) is 0.203. The largest absolute Gasteiger partial charge is 0.470 e. The predicted molar refractivity (Wildman–Crippen MR) is 114 cm³/mol. The van der Waals surface area contributed by atoms with Crippen molar-refractivity contribution in [3.05, 3.63) is 33.5 Å². The van der Waals surface area contributed by atoms with E-state index in [1.807, 2.05) is 51.4 Å². The van der Waals surface area contributed by atoms with E-state index in [4.69, 9.17) is 9.94 Å². The molecule has 0 aliphatic carbocycles. The molecule has 6 nitrogen and oxygen atoms in total. The Bertz CT molecular complexity index is 827. The van der Waals surface area contributed by atoms with Crippen LogP contribution >= 0.6 is 34.4 Å². The number of ether oxygens (including phenoxy) is 1. The standard InChI is InChI=1S/C18H22IN3O3S/c1-11-7-14(9-12-8-13(19)10-20-15(11)12)25-17(26-4)16(23)22-18(2,3)5-6-21-24/h6-10,17,24H,5H2,1-4H3,(H,22,23)/b21-6+. The zero-order chi connectivity index (χ0) is 19.3. The maximum Gasteiger partial charge on any atom is 0.272 e. The molecule has 2 rings (SSSR count). The van der Waals surface area contributed by atoms with E-state index >= 15 is 0 Å². The predicted octanol–water partition coefficient (Wildman–Crippen LogP) is 3.96. The number of oxime groups is 1. The Morgan fingerprint density at radius 2 is 2.23 bits per heavy atom. The number of hydrogen-bond donors (Lipinski definition) is 2. The topological polar surface area (TPSA) is 83.8 Å². The number of aryl methyl sites for hydroxylation is 1. The van der Waals surface area contributed by atoms with Gasteiger partial charge in [-0.15, -0.1) is 16.9 Å². The van der Waals surface area contributed by atoms with Gasteiger partial charge in [0, 0.05) is 33.3 Å². The molecule has 1 amide bonds. The molecule has 1 unspecified atom stereocenters. The number of aromatic nitrogens is 1. The molecule has 0 saturated heterocycles. The third-order valence-electron chi connectivity index (χ3n) is 3.73. The first-order valence-electron chi connectivity index (χ1n) is 7.99. The highest BCUT2D eigenvalue weighted by Crippen LogP contribution is 2.27. The SMILES string of the molecule is CSC(Oc1cc(C)c2ncc(I)cc2c1)C(=O)NC(C)(C)C/C=N/O. The monoisotopic (exact) mass is 487 g/mol. The fourth-order valence-electron chi connectivity index (χ4n) is 2.48. The second-order valence-corrected chi connectivity index (χ2v) is 8.67. The molecule has 1 aromatic heterocycles. The van der Waals surface area contributed by atoms with Gasteiger partial charge >= 0.3 is 0 Å². The van der Waals surface area contributed by atoms with Crippen LogP contribution < -0.4 is 10.1 Å². The van der Waals surface area contributed by atoms with Crippen LogP contribution in [0.3, 0.4) is 0 Å². The van der Waals surface area contributed by atoms with Crippen LogP contribution in [0.25, 0.3) is 10.9 Å². The molecule has 0 fully saturated rings. The molecule has 140 valence electrons. The van der Waals surface area contributed by atoms with Crippen LogP contribution in [0.15, 0.2) is 29.6 Å². The Kier molecular flexibility index (Phi) is 7.10. The smallest absolute Gasteiger partial charge is 0.272 e. The van der Waals surface area contributed by atoms with Crippen LogP contribution in [0, 0.1) is 10.5 Å². The molecule has 2 N–H and O–H groups in total. The van der Waals surface area contributed by atoms with E-state index in [1.54, 1.807) is 0 Å². The number of fused-ring (bicyclic) bond motifs is 1. The van der Waals surface area contributed by atoms with Gasteiger partial charge in [0.15, 0.2) is 0 Å². The molecule has 0 aliphatic heterocycles. The molecular formula is C18H22IN3O3S.